The van der Waals surface area contributed by atoms with Gasteiger partial charge in [-0.1, -0.05) is 24.9 Å². The van der Waals surface area contributed by atoms with Crippen LogP contribution in [0.4, 0.5) is 5.69 Å². The molecule has 0 N–H and O–H groups in total. The number of benzene rings is 1. The minimum absolute atomic E-state index is 0.0575. The van der Waals surface area contributed by atoms with E-state index in [1.54, 1.807) is 6.07 Å². The van der Waals surface area contributed by atoms with Crippen LogP contribution in [0.25, 0.3) is 6.08 Å². The summed E-state index contributed by atoms with van der Waals surface area (Å²) in [5.74, 6) is -0.130. The molecule has 0 amide bonds. The average molecular weight is 336 g/mol. The van der Waals surface area contributed by atoms with Gasteiger partial charge in [0.1, 0.15) is 0 Å². The normalized spacial score (nSPS) is 11.0. The third-order valence-electron chi connectivity index (χ3n) is 3.01. The van der Waals surface area contributed by atoms with Gasteiger partial charge < -0.3 is 0 Å². The first-order valence-electron chi connectivity index (χ1n) is 6.76. The Labute approximate surface area is 137 Å². The molecule has 2 aromatic rings. The second-order valence-electron chi connectivity index (χ2n) is 4.68. The molecule has 0 radical (unpaired) electrons. The molecule has 2 rings (SSSR count). The zero-order valence-corrected chi connectivity index (χ0v) is 13.5. The van der Waals surface area contributed by atoms with Crippen LogP contribution in [0.3, 0.4) is 0 Å². The third-order valence-corrected chi connectivity index (χ3v) is 4.51. The van der Waals surface area contributed by atoms with Gasteiger partial charge in [0.2, 0.25) is 0 Å². The van der Waals surface area contributed by atoms with Crippen molar-refractivity contribution in [3.8, 4) is 0 Å². The van der Waals surface area contributed by atoms with Crippen molar-refractivity contribution in [2.45, 2.75) is 19.8 Å². The first kappa shape index (κ1) is 16.4. The van der Waals surface area contributed by atoms with Gasteiger partial charge in [-0.2, -0.15) is 0 Å². The Kier molecular flexibility index (Phi) is 5.46. The molecule has 0 aliphatic rings. The molecule has 0 bridgehead atoms. The standard InChI is InChI=1S/C16H14ClNO3S/c1-2-3-13-6-9-16(22-13)15(19)8-4-11-10-12(18(20)21)5-7-14(11)17/h4-10H,2-3H2,1H3/b8-4+. The molecule has 1 heterocycles. The Morgan fingerprint density at radius 3 is 2.82 bits per heavy atom. The van der Waals surface area contributed by atoms with Crippen molar-refractivity contribution in [3.63, 3.8) is 0 Å². The van der Waals surface area contributed by atoms with Crippen LogP contribution < -0.4 is 0 Å². The monoisotopic (exact) mass is 335 g/mol. The predicted octanol–water partition coefficient (Wildman–Crippen LogP) is 5.16. The molecule has 0 saturated heterocycles. The van der Waals surface area contributed by atoms with E-state index >= 15 is 0 Å². The maximum absolute atomic E-state index is 12.1. The number of hydrogen-bond donors (Lipinski definition) is 0. The van der Waals surface area contributed by atoms with E-state index in [9.17, 15) is 14.9 Å². The van der Waals surface area contributed by atoms with E-state index in [4.69, 9.17) is 11.6 Å². The summed E-state index contributed by atoms with van der Waals surface area (Å²) in [6.45, 7) is 2.09. The molecule has 4 nitrogen and oxygen atoms in total. The molecule has 1 aromatic carbocycles. The lowest BCUT2D eigenvalue weighted by molar-refractivity contribution is -0.384. The molecule has 0 saturated carbocycles. The van der Waals surface area contributed by atoms with E-state index < -0.39 is 4.92 Å². The summed E-state index contributed by atoms with van der Waals surface area (Å²) in [4.78, 5) is 24.2. The fourth-order valence-corrected chi connectivity index (χ4v) is 3.12. The minimum atomic E-state index is -0.494. The van der Waals surface area contributed by atoms with Crippen LogP contribution in [0, 0.1) is 10.1 Å². The molecule has 6 heteroatoms. The van der Waals surface area contributed by atoms with Gasteiger partial charge in [0.25, 0.3) is 5.69 Å². The number of carbonyl (C=O) groups excluding carboxylic acids is 1. The number of nitro groups is 1. The Morgan fingerprint density at radius 1 is 1.36 bits per heavy atom. The molecule has 0 atom stereocenters. The second-order valence-corrected chi connectivity index (χ2v) is 6.25. The topological polar surface area (TPSA) is 60.2 Å². The fraction of sp³-hybridized carbons (Fsp3) is 0.188. The van der Waals surface area contributed by atoms with Crippen LogP contribution in [0.1, 0.15) is 33.5 Å². The number of hydrogen-bond acceptors (Lipinski definition) is 4. The van der Waals surface area contributed by atoms with Crippen molar-refractivity contribution >= 4 is 40.5 Å². The third kappa shape index (κ3) is 4.02. The zero-order valence-electron chi connectivity index (χ0n) is 11.9. The highest BCUT2D eigenvalue weighted by molar-refractivity contribution is 7.14. The fourth-order valence-electron chi connectivity index (χ4n) is 1.91. The van der Waals surface area contributed by atoms with Crippen LogP contribution in [-0.4, -0.2) is 10.7 Å². The zero-order chi connectivity index (χ0) is 16.1. The van der Waals surface area contributed by atoms with Crippen molar-refractivity contribution in [1.29, 1.82) is 0 Å². The number of nitro benzene ring substituents is 1. The second kappa shape index (κ2) is 7.33. The van der Waals surface area contributed by atoms with Gasteiger partial charge in [-0.05, 0) is 42.3 Å². The smallest absolute Gasteiger partial charge is 0.270 e. The van der Waals surface area contributed by atoms with Crippen LogP contribution in [-0.2, 0) is 6.42 Å². The van der Waals surface area contributed by atoms with Gasteiger partial charge in [0, 0.05) is 22.0 Å². The lowest BCUT2D eigenvalue weighted by atomic mass is 10.1. The highest BCUT2D eigenvalue weighted by atomic mass is 35.5. The first-order chi connectivity index (χ1) is 10.5. The van der Waals surface area contributed by atoms with Crippen molar-refractivity contribution in [2.75, 3.05) is 0 Å². The molecule has 0 aliphatic carbocycles. The van der Waals surface area contributed by atoms with Gasteiger partial charge in [0.05, 0.1) is 9.80 Å². The first-order valence-corrected chi connectivity index (χ1v) is 7.95. The van der Waals surface area contributed by atoms with Gasteiger partial charge in [-0.25, -0.2) is 0 Å². The number of rotatable bonds is 6. The van der Waals surface area contributed by atoms with Gasteiger partial charge in [0.15, 0.2) is 5.78 Å². The maximum atomic E-state index is 12.1. The number of ketones is 1. The lowest BCUT2D eigenvalue weighted by Gasteiger charge is -1.98. The Balaban J connectivity index is 2.18. The van der Waals surface area contributed by atoms with E-state index in [1.165, 1.54) is 46.6 Å². The highest BCUT2D eigenvalue weighted by Crippen LogP contribution is 2.24. The summed E-state index contributed by atoms with van der Waals surface area (Å²) in [5.41, 5.74) is 0.396. The van der Waals surface area contributed by atoms with Crippen LogP contribution in [0.5, 0.6) is 0 Å². The molecule has 0 unspecified atom stereocenters. The lowest BCUT2D eigenvalue weighted by Crippen LogP contribution is -1.91. The summed E-state index contributed by atoms with van der Waals surface area (Å²) < 4.78 is 0. The minimum Gasteiger partial charge on any atom is -0.288 e. The number of nitrogens with zero attached hydrogens (tertiary/aromatic N) is 1. The van der Waals surface area contributed by atoms with Crippen LogP contribution in [0.2, 0.25) is 5.02 Å². The van der Waals surface area contributed by atoms with Gasteiger partial charge >= 0.3 is 0 Å². The van der Waals surface area contributed by atoms with E-state index in [0.717, 1.165) is 12.8 Å². The number of aryl methyl sites for hydroxylation is 1. The number of halogens is 1. The summed E-state index contributed by atoms with van der Waals surface area (Å²) >= 11 is 7.46. The van der Waals surface area contributed by atoms with Crippen molar-refractivity contribution < 1.29 is 9.72 Å². The predicted molar refractivity (Wildman–Crippen MR) is 89.8 cm³/mol. The Hall–Kier alpha value is -1.98. The van der Waals surface area contributed by atoms with Gasteiger partial charge in [-0.3, -0.25) is 14.9 Å². The SMILES string of the molecule is CCCc1ccc(C(=O)/C=C/c2cc([N+](=O)[O-])ccc2Cl)s1. The summed E-state index contributed by atoms with van der Waals surface area (Å²) in [7, 11) is 0. The number of thiophene rings is 1. The van der Waals surface area contributed by atoms with E-state index in [0.29, 0.717) is 15.5 Å². The van der Waals surface area contributed by atoms with Crippen molar-refractivity contribution in [2.24, 2.45) is 0 Å². The molecule has 0 spiro atoms. The van der Waals surface area contributed by atoms with Gasteiger partial charge in [-0.15, -0.1) is 11.3 Å². The van der Waals surface area contributed by atoms with E-state index in [-0.39, 0.29) is 11.5 Å². The van der Waals surface area contributed by atoms with E-state index in [1.807, 2.05) is 6.07 Å². The Bertz CT molecular complexity index is 737. The van der Waals surface area contributed by atoms with E-state index in [2.05, 4.69) is 6.92 Å². The number of carbonyl (C=O) groups is 1. The number of allylic oxidation sites excluding steroid dienone is 1. The van der Waals surface area contributed by atoms with Crippen molar-refractivity contribution in [3.05, 3.63) is 66.9 Å². The molecule has 0 fully saturated rings. The molecule has 0 aliphatic heterocycles. The largest absolute Gasteiger partial charge is 0.288 e. The average Bonchev–Trinajstić information content (AvgIpc) is 2.95. The van der Waals surface area contributed by atoms with Crippen molar-refractivity contribution in [1.82, 2.24) is 0 Å². The summed E-state index contributed by atoms with van der Waals surface area (Å²) in [5, 5.41) is 11.1. The summed E-state index contributed by atoms with van der Waals surface area (Å²) in [6, 6.07) is 7.89. The highest BCUT2D eigenvalue weighted by Gasteiger charge is 2.09. The quantitative estimate of drug-likeness (QED) is 0.317. The Morgan fingerprint density at radius 2 is 2.14 bits per heavy atom. The van der Waals surface area contributed by atoms with Crippen LogP contribution in [0.15, 0.2) is 36.4 Å². The molecule has 22 heavy (non-hydrogen) atoms. The van der Waals surface area contributed by atoms with Crippen LogP contribution >= 0.6 is 22.9 Å². The summed E-state index contributed by atoms with van der Waals surface area (Å²) in [6.07, 6.45) is 4.90. The maximum Gasteiger partial charge on any atom is 0.270 e. The molecular formula is C16H14ClNO3S. The number of non-ortho nitro benzene ring substituents is 1. The molecule has 1 aromatic heterocycles. The molecular weight excluding hydrogens is 322 g/mol. The molecule has 114 valence electrons.